The lowest BCUT2D eigenvalue weighted by Gasteiger charge is -2.29. The highest BCUT2D eigenvalue weighted by atomic mass is 16.5. The third-order valence-electron chi connectivity index (χ3n) is 3.25. The van der Waals surface area contributed by atoms with Gasteiger partial charge in [0.15, 0.2) is 0 Å². The Labute approximate surface area is 90.4 Å². The third kappa shape index (κ3) is 1.79. The van der Waals surface area contributed by atoms with Crippen LogP contribution in [0.4, 0.5) is 0 Å². The van der Waals surface area contributed by atoms with E-state index in [1.807, 2.05) is 6.92 Å². The van der Waals surface area contributed by atoms with Gasteiger partial charge < -0.3 is 10.3 Å². The Balaban J connectivity index is 2.29. The number of aromatic nitrogens is 1. The summed E-state index contributed by atoms with van der Waals surface area (Å²) in [5.74, 6) is 0. The zero-order valence-electron chi connectivity index (χ0n) is 9.60. The maximum Gasteiger partial charge on any atom is 0.128 e. The van der Waals surface area contributed by atoms with E-state index in [2.05, 4.69) is 23.9 Å². The Bertz CT molecular complexity index is 334. The fourth-order valence-electron chi connectivity index (χ4n) is 2.41. The first-order chi connectivity index (χ1) is 7.11. The third-order valence-corrected chi connectivity index (χ3v) is 3.25. The van der Waals surface area contributed by atoms with Gasteiger partial charge in [-0.15, -0.1) is 0 Å². The SMILES string of the molecule is Cc1nocc1C1C(N)CCN1C(C)C. The average Bonchev–Trinajstić information content (AvgIpc) is 2.71. The number of nitrogens with two attached hydrogens (primary N) is 1. The van der Waals surface area contributed by atoms with Crippen LogP contribution in [0, 0.1) is 6.92 Å². The van der Waals surface area contributed by atoms with E-state index >= 15 is 0 Å². The van der Waals surface area contributed by atoms with Crippen LogP contribution in [0.3, 0.4) is 0 Å². The predicted octanol–water partition coefficient (Wildman–Crippen LogP) is 1.47. The Hall–Kier alpha value is -0.870. The highest BCUT2D eigenvalue weighted by molar-refractivity contribution is 5.21. The summed E-state index contributed by atoms with van der Waals surface area (Å²) in [6.45, 7) is 7.44. The Morgan fingerprint density at radius 3 is 2.87 bits per heavy atom. The topological polar surface area (TPSA) is 55.3 Å². The largest absolute Gasteiger partial charge is 0.364 e. The summed E-state index contributed by atoms with van der Waals surface area (Å²) in [5, 5.41) is 3.93. The van der Waals surface area contributed by atoms with Gasteiger partial charge in [-0.25, -0.2) is 0 Å². The predicted molar refractivity (Wildman–Crippen MR) is 58.4 cm³/mol. The van der Waals surface area contributed by atoms with Crippen molar-refractivity contribution >= 4 is 0 Å². The second kappa shape index (κ2) is 3.94. The maximum atomic E-state index is 6.16. The van der Waals surface area contributed by atoms with Crippen LogP contribution in [0.2, 0.25) is 0 Å². The monoisotopic (exact) mass is 209 g/mol. The summed E-state index contributed by atoms with van der Waals surface area (Å²) in [5.41, 5.74) is 8.26. The minimum absolute atomic E-state index is 0.200. The Kier molecular flexibility index (Phi) is 2.80. The molecule has 0 spiro atoms. The van der Waals surface area contributed by atoms with Gasteiger partial charge in [-0.2, -0.15) is 0 Å². The molecule has 1 aliphatic rings. The molecule has 2 atom stereocenters. The van der Waals surface area contributed by atoms with E-state index in [0.717, 1.165) is 24.2 Å². The van der Waals surface area contributed by atoms with Crippen molar-refractivity contribution in [3.05, 3.63) is 17.5 Å². The number of nitrogens with zero attached hydrogens (tertiary/aromatic N) is 2. The molecule has 1 aromatic rings. The van der Waals surface area contributed by atoms with Crippen LogP contribution in [-0.4, -0.2) is 28.7 Å². The van der Waals surface area contributed by atoms with Crippen LogP contribution in [0.15, 0.2) is 10.8 Å². The molecule has 0 bridgehead atoms. The molecular formula is C11H19N3O. The van der Waals surface area contributed by atoms with Crippen LogP contribution in [0.5, 0.6) is 0 Å². The lowest BCUT2D eigenvalue weighted by Crippen LogP contribution is -2.36. The van der Waals surface area contributed by atoms with E-state index in [0.29, 0.717) is 6.04 Å². The van der Waals surface area contributed by atoms with Crippen molar-refractivity contribution in [3.8, 4) is 0 Å². The van der Waals surface area contributed by atoms with E-state index in [-0.39, 0.29) is 12.1 Å². The number of aryl methyl sites for hydroxylation is 1. The molecule has 0 aliphatic carbocycles. The van der Waals surface area contributed by atoms with E-state index in [1.165, 1.54) is 0 Å². The summed E-state index contributed by atoms with van der Waals surface area (Å²) in [4.78, 5) is 2.42. The molecular weight excluding hydrogens is 190 g/mol. The Morgan fingerprint density at radius 2 is 2.33 bits per heavy atom. The first-order valence-electron chi connectivity index (χ1n) is 5.53. The lowest BCUT2D eigenvalue weighted by atomic mass is 10.0. The van der Waals surface area contributed by atoms with Crippen LogP contribution in [-0.2, 0) is 0 Å². The van der Waals surface area contributed by atoms with Gasteiger partial charge >= 0.3 is 0 Å². The molecule has 84 valence electrons. The minimum atomic E-state index is 0.200. The molecule has 4 nitrogen and oxygen atoms in total. The van der Waals surface area contributed by atoms with E-state index in [1.54, 1.807) is 6.26 Å². The van der Waals surface area contributed by atoms with Gasteiger partial charge in [-0.3, -0.25) is 4.90 Å². The summed E-state index contributed by atoms with van der Waals surface area (Å²) >= 11 is 0. The summed E-state index contributed by atoms with van der Waals surface area (Å²) in [6, 6.07) is 0.986. The second-order valence-electron chi connectivity index (χ2n) is 4.58. The number of rotatable bonds is 2. The number of hydrogen-bond acceptors (Lipinski definition) is 4. The molecule has 2 N–H and O–H groups in total. The van der Waals surface area contributed by atoms with E-state index in [4.69, 9.17) is 10.3 Å². The van der Waals surface area contributed by atoms with Crippen LogP contribution < -0.4 is 5.73 Å². The van der Waals surface area contributed by atoms with Crippen LogP contribution >= 0.6 is 0 Å². The molecule has 0 aromatic carbocycles. The van der Waals surface area contributed by atoms with Gasteiger partial charge in [0.1, 0.15) is 6.26 Å². The molecule has 1 aromatic heterocycles. The van der Waals surface area contributed by atoms with Gasteiger partial charge in [-0.05, 0) is 27.2 Å². The van der Waals surface area contributed by atoms with Crippen LogP contribution in [0.1, 0.15) is 37.6 Å². The normalized spacial score (nSPS) is 27.8. The highest BCUT2D eigenvalue weighted by Crippen LogP contribution is 2.33. The smallest absolute Gasteiger partial charge is 0.128 e. The van der Waals surface area contributed by atoms with Gasteiger partial charge in [-0.1, -0.05) is 5.16 Å². The van der Waals surface area contributed by atoms with Crippen molar-refractivity contribution < 1.29 is 4.52 Å². The molecule has 15 heavy (non-hydrogen) atoms. The molecule has 0 saturated carbocycles. The summed E-state index contributed by atoms with van der Waals surface area (Å²) in [7, 11) is 0. The van der Waals surface area contributed by atoms with Crippen molar-refractivity contribution in [2.45, 2.75) is 45.3 Å². The molecule has 1 aliphatic heterocycles. The van der Waals surface area contributed by atoms with Crippen molar-refractivity contribution in [1.29, 1.82) is 0 Å². The molecule has 1 fully saturated rings. The van der Waals surface area contributed by atoms with Crippen LogP contribution in [0.25, 0.3) is 0 Å². The van der Waals surface area contributed by atoms with Gasteiger partial charge in [0.05, 0.1) is 11.7 Å². The minimum Gasteiger partial charge on any atom is -0.364 e. The molecule has 0 amide bonds. The zero-order valence-corrected chi connectivity index (χ0v) is 9.60. The van der Waals surface area contributed by atoms with E-state index in [9.17, 15) is 0 Å². The molecule has 2 heterocycles. The fourth-order valence-corrected chi connectivity index (χ4v) is 2.41. The lowest BCUT2D eigenvalue weighted by molar-refractivity contribution is 0.197. The first kappa shape index (κ1) is 10.6. The molecule has 1 saturated heterocycles. The number of hydrogen-bond donors (Lipinski definition) is 1. The molecule has 2 unspecified atom stereocenters. The summed E-state index contributed by atoms with van der Waals surface area (Å²) < 4.78 is 5.00. The molecule has 2 rings (SSSR count). The van der Waals surface area contributed by atoms with Gasteiger partial charge in [0.2, 0.25) is 0 Å². The van der Waals surface area contributed by atoms with Crippen molar-refractivity contribution in [1.82, 2.24) is 10.1 Å². The maximum absolute atomic E-state index is 6.16. The summed E-state index contributed by atoms with van der Waals surface area (Å²) in [6.07, 6.45) is 2.79. The standard InChI is InChI=1S/C11H19N3O/c1-7(2)14-5-4-10(12)11(14)9-6-15-13-8(9)3/h6-7,10-11H,4-5,12H2,1-3H3. The van der Waals surface area contributed by atoms with Crippen molar-refractivity contribution in [2.75, 3.05) is 6.54 Å². The average molecular weight is 209 g/mol. The quantitative estimate of drug-likeness (QED) is 0.801. The fraction of sp³-hybridized carbons (Fsp3) is 0.727. The molecule has 0 radical (unpaired) electrons. The van der Waals surface area contributed by atoms with Gasteiger partial charge in [0, 0.05) is 24.2 Å². The van der Waals surface area contributed by atoms with Crippen molar-refractivity contribution in [2.24, 2.45) is 5.73 Å². The second-order valence-corrected chi connectivity index (χ2v) is 4.58. The first-order valence-corrected chi connectivity index (χ1v) is 5.53. The molecule has 4 heteroatoms. The van der Waals surface area contributed by atoms with E-state index < -0.39 is 0 Å². The van der Waals surface area contributed by atoms with Gasteiger partial charge in [0.25, 0.3) is 0 Å². The number of likely N-dealkylation sites (tertiary alicyclic amines) is 1. The highest BCUT2D eigenvalue weighted by Gasteiger charge is 2.36. The Morgan fingerprint density at radius 1 is 1.60 bits per heavy atom. The zero-order chi connectivity index (χ0) is 11.0. The van der Waals surface area contributed by atoms with Crippen molar-refractivity contribution in [3.63, 3.8) is 0 Å².